The highest BCUT2D eigenvalue weighted by molar-refractivity contribution is 7.92. The summed E-state index contributed by atoms with van der Waals surface area (Å²) >= 11 is 0. The summed E-state index contributed by atoms with van der Waals surface area (Å²) in [4.78, 5) is 3.99. The highest BCUT2D eigenvalue weighted by Gasteiger charge is 2.16. The third kappa shape index (κ3) is 3.50. The van der Waals surface area contributed by atoms with Crippen LogP contribution in [0, 0.1) is 6.92 Å². The molecule has 1 aromatic heterocycles. The van der Waals surface area contributed by atoms with Crippen molar-refractivity contribution in [2.75, 3.05) is 11.8 Å². The Morgan fingerprint density at radius 2 is 2.05 bits per heavy atom. The van der Waals surface area contributed by atoms with E-state index in [0.717, 1.165) is 5.56 Å². The minimum atomic E-state index is -3.74. The molecule has 0 saturated carbocycles. The van der Waals surface area contributed by atoms with E-state index < -0.39 is 10.0 Å². The molecule has 0 aliphatic rings. The number of sulfonamides is 1. The van der Waals surface area contributed by atoms with Gasteiger partial charge in [-0.1, -0.05) is 0 Å². The van der Waals surface area contributed by atoms with Crippen LogP contribution < -0.4 is 9.46 Å². The van der Waals surface area contributed by atoms with Crippen molar-refractivity contribution >= 4 is 15.7 Å². The molecule has 2 N–H and O–H groups in total. The molecule has 0 unspecified atom stereocenters. The fraction of sp³-hybridized carbons (Fsp3) is 0.214. The molecule has 6 nitrogen and oxygen atoms in total. The molecule has 0 saturated heterocycles. The Balaban J connectivity index is 2.35. The summed E-state index contributed by atoms with van der Waals surface area (Å²) in [6.07, 6.45) is 3.07. The van der Waals surface area contributed by atoms with E-state index in [2.05, 4.69) is 9.71 Å². The molecule has 0 amide bonds. The van der Waals surface area contributed by atoms with Crippen LogP contribution >= 0.6 is 0 Å². The third-order valence-corrected chi connectivity index (χ3v) is 4.24. The summed E-state index contributed by atoms with van der Waals surface area (Å²) in [5.74, 6) is 0.439. The minimum Gasteiger partial charge on any atom is -0.496 e. The van der Waals surface area contributed by atoms with E-state index >= 15 is 0 Å². The van der Waals surface area contributed by atoms with Crippen molar-refractivity contribution in [2.45, 2.75) is 18.4 Å². The Bertz CT molecular complexity index is 744. The standard InChI is InChI=1S/C14H16N2O4S/c1-10-5-12(8-15-7-10)16-21(18,19)13-3-4-14(20-2)11(6-13)9-17/h3-8,16-17H,9H2,1-2H3. The summed E-state index contributed by atoms with van der Waals surface area (Å²) in [6.45, 7) is 1.51. The molecule has 0 bridgehead atoms. The summed E-state index contributed by atoms with van der Waals surface area (Å²) in [5.41, 5.74) is 1.64. The maximum Gasteiger partial charge on any atom is 0.261 e. The lowest BCUT2D eigenvalue weighted by Crippen LogP contribution is -2.13. The molecule has 21 heavy (non-hydrogen) atoms. The number of ether oxygens (including phenoxy) is 1. The number of nitrogens with zero attached hydrogens (tertiary/aromatic N) is 1. The number of anilines is 1. The first-order valence-electron chi connectivity index (χ1n) is 6.18. The average Bonchev–Trinajstić information content (AvgIpc) is 2.46. The Kier molecular flexibility index (Phi) is 4.44. The Morgan fingerprint density at radius 3 is 2.67 bits per heavy atom. The molecule has 1 heterocycles. The molecule has 0 aliphatic heterocycles. The summed E-state index contributed by atoms with van der Waals surface area (Å²) in [7, 11) is -2.29. The highest BCUT2D eigenvalue weighted by Crippen LogP contribution is 2.24. The number of aliphatic hydroxyl groups is 1. The predicted octanol–water partition coefficient (Wildman–Crippen LogP) is 1.69. The second kappa shape index (κ2) is 6.11. The number of benzene rings is 1. The van der Waals surface area contributed by atoms with E-state index in [9.17, 15) is 13.5 Å². The van der Waals surface area contributed by atoms with E-state index in [4.69, 9.17) is 4.74 Å². The normalized spacial score (nSPS) is 11.2. The lowest BCUT2D eigenvalue weighted by Gasteiger charge is -2.11. The molecule has 1 aromatic carbocycles. The molecular weight excluding hydrogens is 292 g/mol. The van der Waals surface area contributed by atoms with E-state index in [1.807, 2.05) is 6.92 Å². The number of aliphatic hydroxyl groups excluding tert-OH is 1. The summed E-state index contributed by atoms with van der Waals surface area (Å²) in [5, 5.41) is 9.26. The zero-order valence-electron chi connectivity index (χ0n) is 11.7. The van der Waals surface area contributed by atoms with Crippen molar-refractivity contribution < 1.29 is 18.3 Å². The summed E-state index contributed by atoms with van der Waals surface area (Å²) in [6, 6.07) is 5.99. The van der Waals surface area contributed by atoms with Crippen molar-refractivity contribution in [1.82, 2.24) is 4.98 Å². The molecular formula is C14H16N2O4S. The van der Waals surface area contributed by atoms with Crippen molar-refractivity contribution in [3.63, 3.8) is 0 Å². The zero-order valence-corrected chi connectivity index (χ0v) is 12.5. The van der Waals surface area contributed by atoms with Gasteiger partial charge in [-0.25, -0.2) is 8.42 Å². The van der Waals surface area contributed by atoms with Gasteiger partial charge >= 0.3 is 0 Å². The van der Waals surface area contributed by atoms with Gasteiger partial charge in [-0.05, 0) is 36.8 Å². The molecule has 0 radical (unpaired) electrons. The number of rotatable bonds is 5. The molecule has 0 fully saturated rings. The smallest absolute Gasteiger partial charge is 0.261 e. The van der Waals surface area contributed by atoms with Gasteiger partial charge in [0.2, 0.25) is 0 Å². The molecule has 0 spiro atoms. The molecule has 2 aromatic rings. The van der Waals surface area contributed by atoms with Crippen LogP contribution in [0.1, 0.15) is 11.1 Å². The van der Waals surface area contributed by atoms with Gasteiger partial charge in [0.25, 0.3) is 10.0 Å². The number of aryl methyl sites for hydroxylation is 1. The SMILES string of the molecule is COc1ccc(S(=O)(=O)Nc2cncc(C)c2)cc1CO. The van der Waals surface area contributed by atoms with Crippen molar-refractivity contribution in [3.05, 3.63) is 47.8 Å². The molecule has 112 valence electrons. The van der Waals surface area contributed by atoms with Crippen LogP contribution in [0.15, 0.2) is 41.6 Å². The van der Waals surface area contributed by atoms with E-state index in [-0.39, 0.29) is 11.5 Å². The second-order valence-electron chi connectivity index (χ2n) is 4.49. The van der Waals surface area contributed by atoms with Gasteiger partial charge in [0, 0.05) is 11.8 Å². The Hall–Kier alpha value is -2.12. The van der Waals surface area contributed by atoms with Gasteiger partial charge in [0.1, 0.15) is 5.75 Å². The topological polar surface area (TPSA) is 88.5 Å². The number of hydrogen-bond acceptors (Lipinski definition) is 5. The number of hydrogen-bond donors (Lipinski definition) is 2. The van der Waals surface area contributed by atoms with Crippen molar-refractivity contribution in [3.8, 4) is 5.75 Å². The third-order valence-electron chi connectivity index (χ3n) is 2.86. The number of nitrogens with one attached hydrogen (secondary N) is 1. The fourth-order valence-corrected chi connectivity index (χ4v) is 2.95. The van der Waals surface area contributed by atoms with Gasteiger partial charge in [-0.3, -0.25) is 9.71 Å². The van der Waals surface area contributed by atoms with E-state index in [1.165, 1.54) is 31.5 Å². The molecule has 7 heteroatoms. The van der Waals surface area contributed by atoms with Gasteiger partial charge in [-0.15, -0.1) is 0 Å². The van der Waals surface area contributed by atoms with Gasteiger partial charge in [-0.2, -0.15) is 0 Å². The largest absolute Gasteiger partial charge is 0.496 e. The molecule has 0 atom stereocenters. The Morgan fingerprint density at radius 1 is 1.29 bits per heavy atom. The first-order valence-corrected chi connectivity index (χ1v) is 7.67. The van der Waals surface area contributed by atoms with Crippen molar-refractivity contribution in [2.24, 2.45) is 0 Å². The van der Waals surface area contributed by atoms with Crippen LogP contribution in [0.25, 0.3) is 0 Å². The number of methoxy groups -OCH3 is 1. The first-order chi connectivity index (χ1) is 9.96. The monoisotopic (exact) mass is 308 g/mol. The van der Waals surface area contributed by atoms with E-state index in [1.54, 1.807) is 12.3 Å². The van der Waals surface area contributed by atoms with Gasteiger partial charge in [0.05, 0.1) is 30.5 Å². The van der Waals surface area contributed by atoms with Gasteiger partial charge in [0.15, 0.2) is 0 Å². The maximum atomic E-state index is 12.3. The van der Waals surface area contributed by atoms with Crippen LogP contribution in [0.4, 0.5) is 5.69 Å². The van der Waals surface area contributed by atoms with Crippen molar-refractivity contribution in [1.29, 1.82) is 0 Å². The van der Waals surface area contributed by atoms with Gasteiger partial charge < -0.3 is 9.84 Å². The highest BCUT2D eigenvalue weighted by atomic mass is 32.2. The van der Waals surface area contributed by atoms with Crippen LogP contribution in [-0.2, 0) is 16.6 Å². The second-order valence-corrected chi connectivity index (χ2v) is 6.17. The number of aromatic nitrogens is 1. The predicted molar refractivity (Wildman–Crippen MR) is 78.7 cm³/mol. The lowest BCUT2D eigenvalue weighted by molar-refractivity contribution is 0.273. The average molecular weight is 308 g/mol. The quantitative estimate of drug-likeness (QED) is 0.877. The van der Waals surface area contributed by atoms with Crippen LogP contribution in [0.5, 0.6) is 5.75 Å². The first kappa shape index (κ1) is 15.3. The lowest BCUT2D eigenvalue weighted by atomic mass is 10.2. The minimum absolute atomic E-state index is 0.0499. The fourth-order valence-electron chi connectivity index (χ4n) is 1.87. The van der Waals surface area contributed by atoms with E-state index in [0.29, 0.717) is 17.0 Å². The van der Waals surface area contributed by atoms with Crippen LogP contribution in [0.2, 0.25) is 0 Å². The summed E-state index contributed by atoms with van der Waals surface area (Å²) < 4.78 is 32.1. The molecule has 0 aliphatic carbocycles. The maximum absolute atomic E-state index is 12.3. The van der Waals surface area contributed by atoms with Crippen LogP contribution in [0.3, 0.4) is 0 Å². The number of pyridine rings is 1. The zero-order chi connectivity index (χ0) is 15.5. The van der Waals surface area contributed by atoms with Crippen LogP contribution in [-0.4, -0.2) is 25.6 Å². The molecule has 2 rings (SSSR count). The Labute approximate surface area is 123 Å².